The van der Waals surface area contributed by atoms with Crippen LogP contribution in [0.4, 0.5) is 0 Å². The van der Waals surface area contributed by atoms with Gasteiger partial charge in [-0.3, -0.25) is 4.79 Å². The first-order valence-electron chi connectivity index (χ1n) is 5.18. The molecule has 0 saturated carbocycles. The van der Waals surface area contributed by atoms with E-state index in [1.807, 2.05) is 18.2 Å². The van der Waals surface area contributed by atoms with Crippen molar-refractivity contribution in [3.63, 3.8) is 0 Å². The summed E-state index contributed by atoms with van der Waals surface area (Å²) in [6.07, 6.45) is 0.590. The third-order valence-corrected chi connectivity index (χ3v) is 3.11. The lowest BCUT2D eigenvalue weighted by Crippen LogP contribution is -2.25. The van der Waals surface area contributed by atoms with Crippen molar-refractivity contribution in [3.8, 4) is 5.75 Å². The van der Waals surface area contributed by atoms with Gasteiger partial charge in [0.1, 0.15) is 5.75 Å². The van der Waals surface area contributed by atoms with Gasteiger partial charge in [0.15, 0.2) is 0 Å². The zero-order valence-electron chi connectivity index (χ0n) is 9.40. The Hall–Kier alpha value is -1.55. The van der Waals surface area contributed by atoms with Gasteiger partial charge in [-0.05, 0) is 23.6 Å². The Labute approximate surface area is 94.3 Å². The molecule has 0 heterocycles. The Balaban J connectivity index is 2.37. The van der Waals surface area contributed by atoms with Crippen molar-refractivity contribution in [1.82, 2.24) is 0 Å². The van der Waals surface area contributed by atoms with Gasteiger partial charge in [-0.25, -0.2) is 0 Å². The lowest BCUT2D eigenvalue weighted by Gasteiger charge is -2.12. The van der Waals surface area contributed by atoms with Crippen LogP contribution in [0.2, 0.25) is 0 Å². The Morgan fingerprint density at radius 3 is 2.81 bits per heavy atom. The van der Waals surface area contributed by atoms with Crippen molar-refractivity contribution < 1.29 is 14.3 Å². The summed E-state index contributed by atoms with van der Waals surface area (Å²) in [7, 11) is 3.00. The number of hydrogen-bond donors (Lipinski definition) is 1. The topological polar surface area (TPSA) is 61.5 Å². The van der Waals surface area contributed by atoms with Crippen LogP contribution in [0.3, 0.4) is 0 Å². The molecule has 0 spiro atoms. The van der Waals surface area contributed by atoms with Crippen LogP contribution >= 0.6 is 0 Å². The Morgan fingerprint density at radius 2 is 2.19 bits per heavy atom. The summed E-state index contributed by atoms with van der Waals surface area (Å²) in [4.78, 5) is 11.5. The highest BCUT2D eigenvalue weighted by Gasteiger charge is 2.37. The van der Waals surface area contributed by atoms with Crippen molar-refractivity contribution in [3.05, 3.63) is 29.3 Å². The average Bonchev–Trinajstić information content (AvgIpc) is 2.66. The highest BCUT2D eigenvalue weighted by molar-refractivity contribution is 5.76. The van der Waals surface area contributed by atoms with Gasteiger partial charge in [-0.2, -0.15) is 0 Å². The van der Waals surface area contributed by atoms with E-state index < -0.39 is 0 Å². The Kier molecular flexibility index (Phi) is 2.83. The monoisotopic (exact) mass is 221 g/mol. The smallest absolute Gasteiger partial charge is 0.310 e. The van der Waals surface area contributed by atoms with Gasteiger partial charge in [0.2, 0.25) is 0 Å². The first-order chi connectivity index (χ1) is 7.69. The lowest BCUT2D eigenvalue weighted by atomic mass is 10.0. The van der Waals surface area contributed by atoms with E-state index in [0.29, 0.717) is 6.42 Å². The second-order valence-corrected chi connectivity index (χ2v) is 3.89. The maximum absolute atomic E-state index is 11.5. The number of ether oxygens (including phenoxy) is 2. The van der Waals surface area contributed by atoms with Crippen molar-refractivity contribution in [2.24, 2.45) is 11.7 Å². The molecule has 4 nitrogen and oxygen atoms in total. The van der Waals surface area contributed by atoms with Gasteiger partial charge >= 0.3 is 5.97 Å². The fraction of sp³-hybridized carbons (Fsp3) is 0.417. The number of carbonyl (C=O) groups excluding carboxylic acids is 1. The second-order valence-electron chi connectivity index (χ2n) is 3.89. The molecule has 86 valence electrons. The summed E-state index contributed by atoms with van der Waals surface area (Å²) >= 11 is 0. The zero-order chi connectivity index (χ0) is 11.7. The maximum atomic E-state index is 11.5. The summed E-state index contributed by atoms with van der Waals surface area (Å²) in [5, 5.41) is 0. The van der Waals surface area contributed by atoms with E-state index in [2.05, 4.69) is 0 Å². The molecular formula is C12H15NO3. The van der Waals surface area contributed by atoms with Crippen LogP contribution in [0.1, 0.15) is 17.2 Å². The highest BCUT2D eigenvalue weighted by Crippen LogP contribution is 2.39. The largest absolute Gasteiger partial charge is 0.496 e. The molecule has 0 aromatic heterocycles. The molecule has 1 aliphatic carbocycles. The van der Waals surface area contributed by atoms with Crippen LogP contribution in [0.5, 0.6) is 5.75 Å². The number of fused-ring (bicyclic) bond motifs is 1. The third-order valence-electron chi connectivity index (χ3n) is 3.11. The fourth-order valence-corrected chi connectivity index (χ4v) is 2.25. The quantitative estimate of drug-likeness (QED) is 0.758. The van der Waals surface area contributed by atoms with Crippen LogP contribution in [-0.4, -0.2) is 20.2 Å². The SMILES string of the molecule is COC(=O)C1Cc2c(OC)cccc2C1N. The number of methoxy groups -OCH3 is 2. The van der Waals surface area contributed by atoms with Crippen molar-refractivity contribution in [1.29, 1.82) is 0 Å². The average molecular weight is 221 g/mol. The minimum atomic E-state index is -0.295. The molecule has 0 fully saturated rings. The number of esters is 1. The zero-order valence-corrected chi connectivity index (χ0v) is 9.40. The summed E-state index contributed by atoms with van der Waals surface area (Å²) < 4.78 is 10.0. The van der Waals surface area contributed by atoms with Crippen LogP contribution in [0, 0.1) is 5.92 Å². The van der Waals surface area contributed by atoms with Crippen LogP contribution in [-0.2, 0) is 16.0 Å². The van der Waals surface area contributed by atoms with E-state index in [0.717, 1.165) is 16.9 Å². The molecule has 4 heteroatoms. The number of rotatable bonds is 2. The van der Waals surface area contributed by atoms with Gasteiger partial charge in [0.25, 0.3) is 0 Å². The van der Waals surface area contributed by atoms with Gasteiger partial charge in [0, 0.05) is 6.04 Å². The van der Waals surface area contributed by atoms with Crippen LogP contribution in [0.15, 0.2) is 18.2 Å². The molecule has 0 amide bonds. The number of carbonyl (C=O) groups is 1. The third kappa shape index (κ3) is 1.55. The molecule has 16 heavy (non-hydrogen) atoms. The van der Waals surface area contributed by atoms with Gasteiger partial charge < -0.3 is 15.2 Å². The van der Waals surface area contributed by atoms with E-state index in [4.69, 9.17) is 15.2 Å². The normalized spacial score (nSPS) is 22.7. The molecular weight excluding hydrogens is 206 g/mol. The number of benzene rings is 1. The van der Waals surface area contributed by atoms with E-state index in [1.54, 1.807) is 7.11 Å². The molecule has 1 aromatic carbocycles. The summed E-state index contributed by atoms with van der Waals surface area (Å²) in [6, 6.07) is 5.41. The summed E-state index contributed by atoms with van der Waals surface area (Å²) in [5.41, 5.74) is 8.04. The molecule has 0 radical (unpaired) electrons. The highest BCUT2D eigenvalue weighted by atomic mass is 16.5. The van der Waals surface area contributed by atoms with Crippen LogP contribution in [0.25, 0.3) is 0 Å². The lowest BCUT2D eigenvalue weighted by molar-refractivity contribution is -0.145. The fourth-order valence-electron chi connectivity index (χ4n) is 2.25. The summed E-state index contributed by atoms with van der Waals surface area (Å²) in [5.74, 6) is 0.237. The molecule has 0 aliphatic heterocycles. The van der Waals surface area contributed by atoms with E-state index in [-0.39, 0.29) is 17.9 Å². The second kappa shape index (κ2) is 4.14. The Bertz CT molecular complexity index is 417. The molecule has 2 unspecified atom stereocenters. The van der Waals surface area contributed by atoms with E-state index >= 15 is 0 Å². The summed E-state index contributed by atoms with van der Waals surface area (Å²) in [6.45, 7) is 0. The van der Waals surface area contributed by atoms with E-state index in [9.17, 15) is 4.79 Å². The minimum Gasteiger partial charge on any atom is -0.496 e. The molecule has 0 bridgehead atoms. The molecule has 1 aliphatic rings. The van der Waals surface area contributed by atoms with Crippen molar-refractivity contribution in [2.45, 2.75) is 12.5 Å². The molecule has 2 atom stereocenters. The van der Waals surface area contributed by atoms with Gasteiger partial charge in [-0.1, -0.05) is 12.1 Å². The number of nitrogens with two attached hydrogens (primary N) is 1. The minimum absolute atomic E-state index is 0.259. The first kappa shape index (κ1) is 11.0. The number of hydrogen-bond acceptors (Lipinski definition) is 4. The van der Waals surface area contributed by atoms with E-state index in [1.165, 1.54) is 7.11 Å². The van der Waals surface area contributed by atoms with Gasteiger partial charge in [0.05, 0.1) is 20.1 Å². The predicted octanol–water partition coefficient (Wildman–Crippen LogP) is 1.04. The molecule has 2 rings (SSSR count). The molecule has 0 saturated heterocycles. The Morgan fingerprint density at radius 1 is 1.44 bits per heavy atom. The van der Waals surface area contributed by atoms with Crippen molar-refractivity contribution >= 4 is 5.97 Å². The van der Waals surface area contributed by atoms with Crippen molar-refractivity contribution in [2.75, 3.05) is 14.2 Å². The van der Waals surface area contributed by atoms with Crippen LogP contribution < -0.4 is 10.5 Å². The molecule has 2 N–H and O–H groups in total. The predicted molar refractivity (Wildman–Crippen MR) is 59.1 cm³/mol. The first-order valence-corrected chi connectivity index (χ1v) is 5.18. The maximum Gasteiger partial charge on any atom is 0.310 e. The molecule has 1 aromatic rings. The standard InChI is InChI=1S/C12H15NO3/c1-15-10-5-3-4-7-8(10)6-9(11(7)13)12(14)16-2/h3-5,9,11H,6,13H2,1-2H3. The van der Waals surface area contributed by atoms with Gasteiger partial charge in [-0.15, -0.1) is 0 Å².